The standard InChI is InChI=1S/C16H18O3Si/c1-18-20(2,3)15-12-8-7-11-14(15)16(17)19-13-9-5-4-6-10-13/h4-12H,1-3H3. The second-order valence-corrected chi connectivity index (χ2v) is 8.93. The molecule has 0 bridgehead atoms. The van der Waals surface area contributed by atoms with Crippen molar-refractivity contribution < 1.29 is 14.0 Å². The number of hydrogen-bond donors (Lipinski definition) is 0. The Labute approximate surface area is 120 Å². The van der Waals surface area contributed by atoms with Crippen molar-refractivity contribution in [3.05, 3.63) is 60.2 Å². The summed E-state index contributed by atoms with van der Waals surface area (Å²) in [4.78, 5) is 12.3. The first-order chi connectivity index (χ1) is 9.54. The first kappa shape index (κ1) is 14.5. The summed E-state index contributed by atoms with van der Waals surface area (Å²) < 4.78 is 11.0. The van der Waals surface area contributed by atoms with E-state index in [9.17, 15) is 4.79 Å². The summed E-state index contributed by atoms with van der Waals surface area (Å²) in [5, 5.41) is 0.948. The molecule has 0 aromatic heterocycles. The first-order valence-corrected chi connectivity index (χ1v) is 9.37. The highest BCUT2D eigenvalue weighted by molar-refractivity contribution is 6.85. The molecule has 0 aliphatic heterocycles. The monoisotopic (exact) mass is 286 g/mol. The third-order valence-electron chi connectivity index (χ3n) is 3.26. The molecule has 0 atom stereocenters. The first-order valence-electron chi connectivity index (χ1n) is 6.46. The fourth-order valence-electron chi connectivity index (χ4n) is 1.95. The topological polar surface area (TPSA) is 35.5 Å². The molecule has 2 aromatic rings. The lowest BCUT2D eigenvalue weighted by Crippen LogP contribution is -2.46. The van der Waals surface area contributed by atoms with E-state index in [0.717, 1.165) is 5.19 Å². The van der Waals surface area contributed by atoms with Crippen LogP contribution in [0.25, 0.3) is 0 Å². The molecule has 0 saturated heterocycles. The minimum atomic E-state index is -2.08. The Morgan fingerprint density at radius 1 is 0.950 bits per heavy atom. The van der Waals surface area contributed by atoms with Gasteiger partial charge in [-0.25, -0.2) is 4.79 Å². The molecule has 0 aliphatic carbocycles. The van der Waals surface area contributed by atoms with Crippen LogP contribution in [-0.4, -0.2) is 21.4 Å². The Morgan fingerprint density at radius 3 is 2.20 bits per heavy atom. The van der Waals surface area contributed by atoms with Crippen LogP contribution < -0.4 is 9.92 Å². The average molecular weight is 286 g/mol. The van der Waals surface area contributed by atoms with Gasteiger partial charge >= 0.3 is 5.97 Å². The number of para-hydroxylation sites is 1. The Morgan fingerprint density at radius 2 is 1.55 bits per heavy atom. The molecular weight excluding hydrogens is 268 g/mol. The van der Waals surface area contributed by atoms with E-state index in [4.69, 9.17) is 9.16 Å². The van der Waals surface area contributed by atoms with Gasteiger partial charge in [-0.2, -0.15) is 0 Å². The van der Waals surface area contributed by atoms with Gasteiger partial charge in [-0.15, -0.1) is 0 Å². The summed E-state index contributed by atoms with van der Waals surface area (Å²) in [6, 6.07) is 16.6. The van der Waals surface area contributed by atoms with Crippen molar-refractivity contribution in [2.75, 3.05) is 7.11 Å². The Bertz CT molecular complexity index is 594. The van der Waals surface area contributed by atoms with Gasteiger partial charge in [0.15, 0.2) is 0 Å². The summed E-state index contributed by atoms with van der Waals surface area (Å²) >= 11 is 0. The molecule has 0 aliphatic rings. The fraction of sp³-hybridized carbons (Fsp3) is 0.188. The smallest absolute Gasteiger partial charge is 0.343 e. The molecule has 2 rings (SSSR count). The van der Waals surface area contributed by atoms with Crippen LogP contribution in [0.15, 0.2) is 54.6 Å². The Balaban J connectivity index is 2.31. The molecule has 3 nitrogen and oxygen atoms in total. The van der Waals surface area contributed by atoms with Gasteiger partial charge in [0.2, 0.25) is 8.32 Å². The molecule has 0 unspecified atom stereocenters. The Kier molecular flexibility index (Phi) is 4.37. The van der Waals surface area contributed by atoms with E-state index in [-0.39, 0.29) is 5.97 Å². The van der Waals surface area contributed by atoms with Gasteiger partial charge in [0.25, 0.3) is 0 Å². The molecular formula is C16H18O3Si. The summed E-state index contributed by atoms with van der Waals surface area (Å²) in [7, 11) is -0.393. The minimum absolute atomic E-state index is 0.343. The molecule has 0 spiro atoms. The summed E-state index contributed by atoms with van der Waals surface area (Å²) in [6.07, 6.45) is 0. The van der Waals surface area contributed by atoms with Gasteiger partial charge in [0.05, 0.1) is 5.56 Å². The highest BCUT2D eigenvalue weighted by atomic mass is 28.4. The van der Waals surface area contributed by atoms with E-state index in [2.05, 4.69) is 13.1 Å². The molecule has 104 valence electrons. The molecule has 0 radical (unpaired) electrons. The summed E-state index contributed by atoms with van der Waals surface area (Å²) in [6.45, 7) is 4.11. The van der Waals surface area contributed by atoms with E-state index in [1.54, 1.807) is 25.3 Å². The van der Waals surface area contributed by atoms with E-state index < -0.39 is 8.32 Å². The quantitative estimate of drug-likeness (QED) is 0.492. The van der Waals surface area contributed by atoms with E-state index >= 15 is 0 Å². The van der Waals surface area contributed by atoms with E-state index in [1.165, 1.54) is 0 Å². The lowest BCUT2D eigenvalue weighted by atomic mass is 10.2. The SMILES string of the molecule is CO[Si](C)(C)c1ccccc1C(=O)Oc1ccccc1. The highest BCUT2D eigenvalue weighted by Crippen LogP contribution is 2.13. The minimum Gasteiger partial charge on any atom is -0.423 e. The van der Waals surface area contributed by atoms with Gasteiger partial charge in [0.1, 0.15) is 5.75 Å². The van der Waals surface area contributed by atoms with Gasteiger partial charge in [-0.05, 0) is 36.5 Å². The maximum atomic E-state index is 12.3. The van der Waals surface area contributed by atoms with Crippen LogP contribution in [0.1, 0.15) is 10.4 Å². The predicted octanol–water partition coefficient (Wildman–Crippen LogP) is 2.96. The van der Waals surface area contributed by atoms with Crippen LogP contribution in [-0.2, 0) is 4.43 Å². The molecule has 0 saturated carbocycles. The molecule has 0 fully saturated rings. The van der Waals surface area contributed by atoms with Crippen LogP contribution >= 0.6 is 0 Å². The maximum Gasteiger partial charge on any atom is 0.343 e. The van der Waals surface area contributed by atoms with Crippen molar-refractivity contribution >= 4 is 19.5 Å². The molecule has 0 heterocycles. The largest absolute Gasteiger partial charge is 0.423 e. The summed E-state index contributed by atoms with van der Waals surface area (Å²) in [5.74, 6) is 0.202. The van der Waals surface area contributed by atoms with Crippen molar-refractivity contribution in [3.8, 4) is 5.75 Å². The second-order valence-electron chi connectivity index (χ2n) is 4.96. The van der Waals surface area contributed by atoms with Crippen LogP contribution in [0.4, 0.5) is 0 Å². The molecule has 0 amide bonds. The van der Waals surface area contributed by atoms with Crippen molar-refractivity contribution in [1.82, 2.24) is 0 Å². The van der Waals surface area contributed by atoms with Crippen molar-refractivity contribution in [2.45, 2.75) is 13.1 Å². The molecule has 2 aromatic carbocycles. The van der Waals surface area contributed by atoms with E-state index in [1.807, 2.05) is 36.4 Å². The van der Waals surface area contributed by atoms with Crippen LogP contribution in [0.2, 0.25) is 13.1 Å². The van der Waals surface area contributed by atoms with Gasteiger partial charge in [-0.1, -0.05) is 36.4 Å². The van der Waals surface area contributed by atoms with Crippen LogP contribution in [0.3, 0.4) is 0 Å². The lowest BCUT2D eigenvalue weighted by Gasteiger charge is -2.22. The van der Waals surface area contributed by atoms with Crippen molar-refractivity contribution in [2.24, 2.45) is 0 Å². The zero-order chi connectivity index (χ0) is 14.6. The average Bonchev–Trinajstić information content (AvgIpc) is 2.48. The normalized spacial score (nSPS) is 11.2. The number of hydrogen-bond acceptors (Lipinski definition) is 3. The third kappa shape index (κ3) is 3.15. The Hall–Kier alpha value is -1.91. The zero-order valence-electron chi connectivity index (χ0n) is 11.9. The van der Waals surface area contributed by atoms with Crippen LogP contribution in [0.5, 0.6) is 5.75 Å². The summed E-state index contributed by atoms with van der Waals surface area (Å²) in [5.41, 5.74) is 0.579. The van der Waals surface area contributed by atoms with Crippen molar-refractivity contribution in [3.63, 3.8) is 0 Å². The number of ether oxygens (including phenoxy) is 1. The number of rotatable bonds is 4. The number of esters is 1. The fourth-order valence-corrected chi connectivity index (χ4v) is 3.50. The molecule has 4 heteroatoms. The maximum absolute atomic E-state index is 12.3. The van der Waals surface area contributed by atoms with Crippen LogP contribution in [0, 0.1) is 0 Å². The number of carbonyl (C=O) groups excluding carboxylic acids is 1. The zero-order valence-corrected chi connectivity index (χ0v) is 12.9. The lowest BCUT2D eigenvalue weighted by molar-refractivity contribution is 0.0736. The van der Waals surface area contributed by atoms with E-state index in [0.29, 0.717) is 11.3 Å². The molecule has 20 heavy (non-hydrogen) atoms. The third-order valence-corrected chi connectivity index (χ3v) is 6.01. The van der Waals surface area contributed by atoms with Gasteiger partial charge in [0, 0.05) is 7.11 Å². The van der Waals surface area contributed by atoms with Gasteiger partial charge < -0.3 is 9.16 Å². The number of carbonyl (C=O) groups is 1. The number of benzene rings is 2. The van der Waals surface area contributed by atoms with Gasteiger partial charge in [-0.3, -0.25) is 0 Å². The van der Waals surface area contributed by atoms with Crippen molar-refractivity contribution in [1.29, 1.82) is 0 Å². The predicted molar refractivity (Wildman–Crippen MR) is 82.0 cm³/mol. The highest BCUT2D eigenvalue weighted by Gasteiger charge is 2.29. The second kappa shape index (κ2) is 6.03. The molecule has 0 N–H and O–H groups in total.